The van der Waals surface area contributed by atoms with Gasteiger partial charge in [-0.1, -0.05) is 31.5 Å². The normalized spacial score (nSPS) is 21.6. The zero-order chi connectivity index (χ0) is 17.9. The molecule has 6 nitrogen and oxygen atoms in total. The Morgan fingerprint density at radius 1 is 1.38 bits per heavy atom. The predicted octanol–water partition coefficient (Wildman–Crippen LogP) is 4.06. The first-order valence-electron chi connectivity index (χ1n) is 8.32. The maximum Gasteiger partial charge on any atom is 0.310 e. The average molecular weight is 440 g/mol. The van der Waals surface area contributed by atoms with Crippen LogP contribution in [0.4, 0.5) is 5.13 Å². The van der Waals surface area contributed by atoms with Gasteiger partial charge in [0.05, 0.1) is 11.6 Å². The van der Waals surface area contributed by atoms with E-state index in [1.54, 1.807) is 24.3 Å². The molecule has 0 radical (unpaired) electrons. The molecule has 1 aliphatic heterocycles. The standard InChI is InChI=1S/C18H21N3O3S.BrH/c1-3-7-13-10-18(2,24-16(13)23)14-11-25-17(19-14)21-20-15(22)12-8-5-4-6-9-12;/h4-6,8-9,11,13H,3,7,10H2,1-2H3,(H,19,21)(H,20,22);1H. The van der Waals surface area contributed by atoms with Crippen molar-refractivity contribution in [3.8, 4) is 0 Å². The molecule has 140 valence electrons. The highest BCUT2D eigenvalue weighted by atomic mass is 79.9. The van der Waals surface area contributed by atoms with Crippen LogP contribution in [0.5, 0.6) is 0 Å². The van der Waals surface area contributed by atoms with Crippen LogP contribution in [0.2, 0.25) is 0 Å². The molecule has 3 rings (SSSR count). The summed E-state index contributed by atoms with van der Waals surface area (Å²) in [5.41, 5.74) is 6.01. The van der Waals surface area contributed by atoms with E-state index in [1.807, 2.05) is 18.4 Å². The number of anilines is 1. The Morgan fingerprint density at radius 2 is 2.12 bits per heavy atom. The predicted molar refractivity (Wildman–Crippen MR) is 106 cm³/mol. The van der Waals surface area contributed by atoms with E-state index >= 15 is 0 Å². The Bertz CT molecular complexity index is 768. The lowest BCUT2D eigenvalue weighted by Gasteiger charge is -2.19. The summed E-state index contributed by atoms with van der Waals surface area (Å²) < 4.78 is 5.60. The molecule has 1 aromatic heterocycles. The second kappa shape index (κ2) is 8.64. The summed E-state index contributed by atoms with van der Waals surface area (Å²) in [7, 11) is 0. The van der Waals surface area contributed by atoms with Gasteiger partial charge in [0.25, 0.3) is 5.91 Å². The molecule has 0 bridgehead atoms. The molecule has 0 spiro atoms. The zero-order valence-electron chi connectivity index (χ0n) is 14.7. The number of aromatic nitrogens is 1. The number of nitrogens with one attached hydrogen (secondary N) is 2. The summed E-state index contributed by atoms with van der Waals surface area (Å²) in [5, 5.41) is 2.41. The minimum atomic E-state index is -0.698. The minimum absolute atomic E-state index is 0. The van der Waals surface area contributed by atoms with Crippen molar-refractivity contribution in [3.05, 3.63) is 47.0 Å². The number of nitrogens with zero attached hydrogens (tertiary/aromatic N) is 1. The van der Waals surface area contributed by atoms with E-state index in [9.17, 15) is 9.59 Å². The summed E-state index contributed by atoms with van der Waals surface area (Å²) in [6, 6.07) is 8.93. The molecule has 2 aromatic rings. The molecular formula is C18H22BrN3O3S. The quantitative estimate of drug-likeness (QED) is 0.523. The topological polar surface area (TPSA) is 80.3 Å². The fourth-order valence-corrected chi connectivity index (χ4v) is 3.76. The van der Waals surface area contributed by atoms with Crippen molar-refractivity contribution in [2.45, 2.75) is 38.7 Å². The van der Waals surface area contributed by atoms with Gasteiger partial charge >= 0.3 is 5.97 Å². The molecule has 0 aliphatic carbocycles. The van der Waals surface area contributed by atoms with Crippen LogP contribution in [0.25, 0.3) is 0 Å². The van der Waals surface area contributed by atoms with E-state index in [4.69, 9.17) is 4.74 Å². The number of hydrogen-bond donors (Lipinski definition) is 2. The number of hydrazine groups is 1. The lowest BCUT2D eigenvalue weighted by atomic mass is 9.91. The van der Waals surface area contributed by atoms with Crippen molar-refractivity contribution in [1.29, 1.82) is 0 Å². The molecule has 2 N–H and O–H groups in total. The van der Waals surface area contributed by atoms with Crippen molar-refractivity contribution < 1.29 is 14.3 Å². The monoisotopic (exact) mass is 439 g/mol. The van der Waals surface area contributed by atoms with Gasteiger partial charge in [0, 0.05) is 17.4 Å². The maximum atomic E-state index is 12.0. The van der Waals surface area contributed by atoms with Crippen molar-refractivity contribution in [1.82, 2.24) is 10.4 Å². The molecule has 2 heterocycles. The number of rotatable bonds is 6. The maximum absolute atomic E-state index is 12.0. The molecule has 26 heavy (non-hydrogen) atoms. The largest absolute Gasteiger partial charge is 0.453 e. The third-order valence-corrected chi connectivity index (χ3v) is 5.05. The van der Waals surface area contributed by atoms with Crippen LogP contribution in [0.3, 0.4) is 0 Å². The van der Waals surface area contributed by atoms with Gasteiger partial charge in [-0.2, -0.15) is 0 Å². The molecule has 1 fully saturated rings. The Hall–Kier alpha value is -1.93. The number of carbonyl (C=O) groups excluding carboxylic acids is 2. The van der Waals surface area contributed by atoms with E-state index in [2.05, 4.69) is 22.8 Å². The van der Waals surface area contributed by atoms with Gasteiger partial charge in [0.15, 0.2) is 5.60 Å². The highest BCUT2D eigenvalue weighted by Crippen LogP contribution is 2.41. The zero-order valence-corrected chi connectivity index (χ0v) is 17.2. The Labute approximate surface area is 167 Å². The third kappa shape index (κ3) is 4.42. The van der Waals surface area contributed by atoms with E-state index in [0.29, 0.717) is 22.8 Å². The van der Waals surface area contributed by atoms with Gasteiger partial charge in [0.2, 0.25) is 5.13 Å². The summed E-state index contributed by atoms with van der Waals surface area (Å²) in [5.74, 6) is -0.450. The number of carbonyl (C=O) groups is 2. The molecule has 1 aromatic carbocycles. The fraction of sp³-hybridized carbons (Fsp3) is 0.389. The van der Waals surface area contributed by atoms with Crippen molar-refractivity contribution in [3.63, 3.8) is 0 Å². The number of ether oxygens (including phenoxy) is 1. The van der Waals surface area contributed by atoms with Crippen LogP contribution >= 0.6 is 28.3 Å². The number of halogens is 1. The first-order chi connectivity index (χ1) is 12.0. The van der Waals surface area contributed by atoms with Gasteiger partial charge < -0.3 is 4.74 Å². The molecule has 8 heteroatoms. The van der Waals surface area contributed by atoms with E-state index in [-0.39, 0.29) is 34.8 Å². The van der Waals surface area contributed by atoms with Crippen molar-refractivity contribution in [2.24, 2.45) is 5.92 Å². The van der Waals surface area contributed by atoms with Crippen LogP contribution in [0.1, 0.15) is 49.2 Å². The highest BCUT2D eigenvalue weighted by Gasteiger charge is 2.45. The Balaban J connectivity index is 0.00000243. The number of esters is 1. The van der Waals surface area contributed by atoms with Crippen LogP contribution < -0.4 is 10.9 Å². The molecule has 1 saturated heterocycles. The highest BCUT2D eigenvalue weighted by molar-refractivity contribution is 8.93. The second-order valence-corrected chi connectivity index (χ2v) is 7.18. The summed E-state index contributed by atoms with van der Waals surface area (Å²) in [4.78, 5) is 28.5. The summed E-state index contributed by atoms with van der Waals surface area (Å²) in [6.07, 6.45) is 2.42. The summed E-state index contributed by atoms with van der Waals surface area (Å²) >= 11 is 1.36. The Kier molecular flexibility index (Phi) is 6.77. The van der Waals surface area contributed by atoms with E-state index in [1.165, 1.54) is 11.3 Å². The molecular weight excluding hydrogens is 418 g/mol. The van der Waals surface area contributed by atoms with Gasteiger partial charge in [0.1, 0.15) is 0 Å². The first-order valence-corrected chi connectivity index (χ1v) is 9.20. The van der Waals surface area contributed by atoms with E-state index < -0.39 is 5.60 Å². The van der Waals surface area contributed by atoms with Crippen molar-refractivity contribution in [2.75, 3.05) is 5.43 Å². The fourth-order valence-electron chi connectivity index (χ4n) is 2.97. The van der Waals surface area contributed by atoms with Crippen molar-refractivity contribution >= 4 is 45.3 Å². The first kappa shape index (κ1) is 20.4. The average Bonchev–Trinajstić information content (AvgIpc) is 3.20. The lowest BCUT2D eigenvalue weighted by Crippen LogP contribution is -2.29. The number of amides is 1. The minimum Gasteiger partial charge on any atom is -0.453 e. The Morgan fingerprint density at radius 3 is 2.81 bits per heavy atom. The number of benzene rings is 1. The number of hydrogen-bond acceptors (Lipinski definition) is 6. The molecule has 2 atom stereocenters. The molecule has 2 unspecified atom stereocenters. The van der Waals surface area contributed by atoms with Crippen LogP contribution in [0, 0.1) is 5.92 Å². The second-order valence-electron chi connectivity index (χ2n) is 6.32. The van der Waals surface area contributed by atoms with Gasteiger partial charge in [-0.15, -0.1) is 28.3 Å². The smallest absolute Gasteiger partial charge is 0.310 e. The lowest BCUT2D eigenvalue weighted by molar-refractivity contribution is -0.150. The number of thiazole rings is 1. The van der Waals surface area contributed by atoms with Gasteiger partial charge in [-0.05, 0) is 25.5 Å². The number of cyclic esters (lactones) is 1. The van der Waals surface area contributed by atoms with E-state index in [0.717, 1.165) is 12.8 Å². The van der Waals surface area contributed by atoms with Crippen LogP contribution in [0.15, 0.2) is 35.7 Å². The van der Waals surface area contributed by atoms with Crippen LogP contribution in [-0.4, -0.2) is 16.9 Å². The molecule has 0 saturated carbocycles. The third-order valence-electron chi connectivity index (χ3n) is 4.30. The molecule has 1 aliphatic rings. The van der Waals surface area contributed by atoms with Gasteiger partial charge in [-0.25, -0.2) is 4.98 Å². The molecule has 1 amide bonds. The SMILES string of the molecule is Br.CCCC1CC(C)(c2csc(NNC(=O)c3ccccc3)n2)OC1=O. The van der Waals surface area contributed by atoms with Crippen LogP contribution in [-0.2, 0) is 15.1 Å². The van der Waals surface area contributed by atoms with Gasteiger partial charge in [-0.3, -0.25) is 20.4 Å². The summed E-state index contributed by atoms with van der Waals surface area (Å²) in [6.45, 7) is 3.95.